The molecule has 0 N–H and O–H groups in total. The number of hydrogen-bond acceptors (Lipinski definition) is 3. The molecule has 0 aromatic carbocycles. The Labute approximate surface area is 81.9 Å². The highest BCUT2D eigenvalue weighted by Crippen LogP contribution is 2.13. The third-order valence-corrected chi connectivity index (χ3v) is 5.09. The molecule has 0 spiro atoms. The summed E-state index contributed by atoms with van der Waals surface area (Å²) < 4.78 is 16.5. The van der Waals surface area contributed by atoms with Gasteiger partial charge in [0.1, 0.15) is 6.23 Å². The molecule has 0 rings (SSSR count). The van der Waals surface area contributed by atoms with Crippen LogP contribution >= 0.6 is 0 Å². The lowest BCUT2D eigenvalue weighted by molar-refractivity contribution is 0.146. The topological polar surface area (TPSA) is 27.7 Å². The van der Waals surface area contributed by atoms with Crippen molar-refractivity contribution in [3.8, 4) is 0 Å². The minimum atomic E-state index is -2.08. The van der Waals surface area contributed by atoms with Crippen LogP contribution in [0.4, 0.5) is 0 Å². The van der Waals surface area contributed by atoms with Crippen molar-refractivity contribution in [2.45, 2.75) is 26.8 Å². The van der Waals surface area contributed by atoms with Crippen molar-refractivity contribution in [2.24, 2.45) is 0 Å². The van der Waals surface area contributed by atoms with E-state index in [-0.39, 0.29) is 0 Å². The van der Waals surface area contributed by atoms with Crippen LogP contribution in [0.3, 0.4) is 0 Å². The van der Waals surface area contributed by atoms with E-state index in [0.717, 1.165) is 6.04 Å². The zero-order chi connectivity index (χ0) is 10.2. The summed E-state index contributed by atoms with van der Waals surface area (Å²) >= 11 is 0. The van der Waals surface area contributed by atoms with E-state index in [2.05, 4.69) is 13.5 Å². The van der Waals surface area contributed by atoms with E-state index in [9.17, 15) is 0 Å². The van der Waals surface area contributed by atoms with Crippen molar-refractivity contribution in [1.29, 1.82) is 0 Å². The molecule has 0 aliphatic carbocycles. The van der Waals surface area contributed by atoms with E-state index in [4.69, 9.17) is 13.6 Å². The van der Waals surface area contributed by atoms with Crippen LogP contribution in [0.2, 0.25) is 6.04 Å². The lowest BCUT2D eigenvalue weighted by atomic mass is 10.9. The first-order valence-electron chi connectivity index (χ1n) is 4.75. The average Bonchev–Trinajstić information content (AvgIpc) is 2.15. The Morgan fingerprint density at radius 1 is 1.15 bits per heavy atom. The second-order valence-electron chi connectivity index (χ2n) is 2.61. The Balaban J connectivity index is 4.15. The Morgan fingerprint density at radius 2 is 1.69 bits per heavy atom. The van der Waals surface area contributed by atoms with Crippen LogP contribution in [0.25, 0.3) is 0 Å². The van der Waals surface area contributed by atoms with Gasteiger partial charge in [0, 0.05) is 13.2 Å². The van der Waals surface area contributed by atoms with Crippen molar-refractivity contribution in [3.63, 3.8) is 0 Å². The summed E-state index contributed by atoms with van der Waals surface area (Å²) in [4.78, 5) is 0. The molecule has 0 heterocycles. The Bertz CT molecular complexity index is 133. The maximum Gasteiger partial charge on any atom is 0.376 e. The molecule has 0 aromatic rings. The van der Waals surface area contributed by atoms with Crippen LogP contribution in [0, 0.1) is 0 Å². The minimum absolute atomic E-state index is 0.536. The molecular formula is C9H20O3Si. The summed E-state index contributed by atoms with van der Waals surface area (Å²) in [5.74, 6) is 0. The monoisotopic (exact) mass is 204 g/mol. The van der Waals surface area contributed by atoms with Crippen LogP contribution in [-0.4, -0.2) is 28.0 Å². The van der Waals surface area contributed by atoms with Gasteiger partial charge in [-0.2, -0.15) is 0 Å². The molecule has 0 aliphatic heterocycles. The zero-order valence-electron chi connectivity index (χ0n) is 8.84. The van der Waals surface area contributed by atoms with Gasteiger partial charge in [-0.05, 0) is 19.9 Å². The van der Waals surface area contributed by atoms with Gasteiger partial charge in [-0.15, -0.1) is 0 Å². The zero-order valence-corrected chi connectivity index (χ0v) is 9.84. The summed E-state index contributed by atoms with van der Waals surface area (Å²) in [6, 6.07) is 0.905. The first-order chi connectivity index (χ1) is 6.24. The van der Waals surface area contributed by atoms with Crippen molar-refractivity contribution in [2.75, 3.05) is 19.4 Å². The fraction of sp³-hybridized carbons (Fsp3) is 0.778. The smallest absolute Gasteiger partial charge is 0.376 e. The van der Waals surface area contributed by atoms with Gasteiger partial charge in [0.15, 0.2) is 0 Å². The average molecular weight is 204 g/mol. The maximum absolute atomic E-state index is 5.67. The second kappa shape index (κ2) is 7.12. The normalized spacial score (nSPS) is 11.3. The van der Waals surface area contributed by atoms with Gasteiger partial charge >= 0.3 is 8.56 Å². The van der Waals surface area contributed by atoms with Crippen molar-refractivity contribution in [3.05, 3.63) is 12.8 Å². The molecule has 0 aromatic heterocycles. The Hall–Kier alpha value is -0.323. The largest absolute Gasteiger partial charge is 0.500 e. The summed E-state index contributed by atoms with van der Waals surface area (Å²) in [6.45, 7) is 10.9. The van der Waals surface area contributed by atoms with Crippen molar-refractivity contribution in [1.82, 2.24) is 0 Å². The van der Waals surface area contributed by atoms with E-state index in [0.29, 0.717) is 19.4 Å². The molecule has 13 heavy (non-hydrogen) atoms. The van der Waals surface area contributed by atoms with Crippen LogP contribution < -0.4 is 0 Å². The molecule has 0 saturated carbocycles. The van der Waals surface area contributed by atoms with Crippen LogP contribution in [-0.2, 0) is 13.6 Å². The summed E-state index contributed by atoms with van der Waals surface area (Å²) in [6.07, 6.45) is 1.98. The number of ether oxygens (including phenoxy) is 1. The highest BCUT2D eigenvalue weighted by Gasteiger charge is 2.35. The third-order valence-electron chi connectivity index (χ3n) is 1.77. The molecule has 0 aliphatic rings. The summed E-state index contributed by atoms with van der Waals surface area (Å²) in [5.41, 5.74) is 0. The summed E-state index contributed by atoms with van der Waals surface area (Å²) in [7, 11) is -2.08. The molecule has 0 fully saturated rings. The van der Waals surface area contributed by atoms with Crippen LogP contribution in [0.5, 0.6) is 0 Å². The lowest BCUT2D eigenvalue weighted by Crippen LogP contribution is -2.46. The highest BCUT2D eigenvalue weighted by molar-refractivity contribution is 6.67. The molecule has 0 atom stereocenters. The fourth-order valence-corrected chi connectivity index (χ4v) is 3.43. The van der Waals surface area contributed by atoms with Gasteiger partial charge in [-0.25, -0.2) is 0 Å². The molecular weight excluding hydrogens is 184 g/mol. The first-order valence-corrected chi connectivity index (χ1v) is 6.98. The summed E-state index contributed by atoms with van der Waals surface area (Å²) in [5, 5.41) is 0. The molecule has 0 bridgehead atoms. The van der Waals surface area contributed by atoms with E-state index in [1.54, 1.807) is 0 Å². The molecule has 0 saturated heterocycles. The fourth-order valence-electron chi connectivity index (χ4n) is 1.14. The van der Waals surface area contributed by atoms with Gasteiger partial charge in [0.05, 0.1) is 6.26 Å². The lowest BCUT2D eigenvalue weighted by Gasteiger charge is -2.27. The van der Waals surface area contributed by atoms with Gasteiger partial charge in [0.2, 0.25) is 0 Å². The number of hydrogen-bond donors (Lipinski definition) is 0. The molecule has 0 amide bonds. The van der Waals surface area contributed by atoms with E-state index in [1.165, 1.54) is 6.26 Å². The van der Waals surface area contributed by atoms with Crippen LogP contribution in [0.15, 0.2) is 12.8 Å². The van der Waals surface area contributed by atoms with Crippen molar-refractivity contribution >= 4 is 8.56 Å². The molecule has 0 radical (unpaired) electrons. The van der Waals surface area contributed by atoms with Crippen molar-refractivity contribution < 1.29 is 13.6 Å². The van der Waals surface area contributed by atoms with Gasteiger partial charge in [-0.1, -0.05) is 13.5 Å². The minimum Gasteiger partial charge on any atom is -0.500 e. The Morgan fingerprint density at radius 3 is 2.00 bits per heavy atom. The Kier molecular flexibility index (Phi) is 6.94. The maximum atomic E-state index is 5.67. The molecule has 4 heteroatoms. The molecule has 78 valence electrons. The van der Waals surface area contributed by atoms with E-state index >= 15 is 0 Å². The van der Waals surface area contributed by atoms with E-state index in [1.807, 2.05) is 13.8 Å². The van der Waals surface area contributed by atoms with Gasteiger partial charge < -0.3 is 13.6 Å². The molecule has 3 nitrogen and oxygen atoms in total. The van der Waals surface area contributed by atoms with E-state index < -0.39 is 8.56 Å². The SMILES string of the molecule is C=COC[Si](CC)(OCC)OCC. The van der Waals surface area contributed by atoms with Crippen LogP contribution in [0.1, 0.15) is 20.8 Å². The predicted molar refractivity (Wildman–Crippen MR) is 55.6 cm³/mol. The predicted octanol–water partition coefficient (Wildman–Crippen LogP) is 2.22. The molecule has 0 unspecified atom stereocenters. The highest BCUT2D eigenvalue weighted by atomic mass is 28.4. The standard InChI is InChI=1S/C9H20O3Si/c1-5-10-9-13(8-4,11-6-2)12-7-3/h5H,1,6-9H2,2-4H3. The first kappa shape index (κ1) is 12.7. The third kappa shape index (κ3) is 4.45. The number of rotatable bonds is 8. The quantitative estimate of drug-likeness (QED) is 0.448. The second-order valence-corrected chi connectivity index (χ2v) is 6.00. The van der Waals surface area contributed by atoms with Gasteiger partial charge in [-0.3, -0.25) is 0 Å². The van der Waals surface area contributed by atoms with Gasteiger partial charge in [0.25, 0.3) is 0 Å².